The van der Waals surface area contributed by atoms with Crippen molar-refractivity contribution >= 4 is 19.8 Å². The number of rotatable bonds is 7. The van der Waals surface area contributed by atoms with Crippen molar-refractivity contribution in [3.05, 3.63) is 24.0 Å². The molecule has 0 unspecified atom stereocenters. The molecule has 0 fully saturated rings. The number of ether oxygens (including phenoxy) is 1. The van der Waals surface area contributed by atoms with E-state index in [-0.39, 0.29) is 5.78 Å². The molecule has 0 aromatic rings. The van der Waals surface area contributed by atoms with E-state index in [1.54, 1.807) is 13.2 Å². The first-order chi connectivity index (χ1) is 11.7. The standard InChI is InChI=1S/C19H31NO4Si/c1-13(2)25(14(3)4,15(5)6)23-12-16-11-19(24-20-16)9-8-17(21)10-18(19)22-7/h8-10,13-15H,11-12H2,1-7H3/t19-/m1/s1. The smallest absolute Gasteiger partial charge is 0.218 e. The van der Waals surface area contributed by atoms with E-state index >= 15 is 0 Å². The highest BCUT2D eigenvalue weighted by Gasteiger charge is 2.47. The molecule has 0 saturated carbocycles. The summed E-state index contributed by atoms with van der Waals surface area (Å²) in [5, 5.41) is 4.25. The van der Waals surface area contributed by atoms with E-state index in [0.717, 1.165) is 5.71 Å². The Kier molecular flexibility index (Phi) is 5.94. The van der Waals surface area contributed by atoms with E-state index in [1.807, 2.05) is 0 Å². The van der Waals surface area contributed by atoms with Crippen molar-refractivity contribution in [1.29, 1.82) is 0 Å². The molecule has 1 aliphatic carbocycles. The molecule has 2 rings (SSSR count). The molecule has 0 saturated heterocycles. The first-order valence-electron chi connectivity index (χ1n) is 9.05. The molecule has 0 aromatic heterocycles. The molecule has 2 aliphatic rings. The third-order valence-electron chi connectivity index (χ3n) is 5.43. The summed E-state index contributed by atoms with van der Waals surface area (Å²) >= 11 is 0. The van der Waals surface area contributed by atoms with Gasteiger partial charge in [-0.1, -0.05) is 46.7 Å². The quantitative estimate of drug-likeness (QED) is 0.629. The van der Waals surface area contributed by atoms with Gasteiger partial charge in [-0.05, 0) is 28.8 Å². The molecule has 0 bridgehead atoms. The Morgan fingerprint density at radius 1 is 1.20 bits per heavy atom. The number of nitrogens with zero attached hydrogens (tertiary/aromatic N) is 1. The van der Waals surface area contributed by atoms with Gasteiger partial charge in [-0.25, -0.2) is 0 Å². The molecule has 0 aromatic carbocycles. The van der Waals surface area contributed by atoms with Gasteiger partial charge in [-0.15, -0.1) is 0 Å². The van der Waals surface area contributed by atoms with Gasteiger partial charge in [0.25, 0.3) is 0 Å². The second kappa shape index (κ2) is 7.46. The summed E-state index contributed by atoms with van der Waals surface area (Å²) in [4.78, 5) is 17.3. The van der Waals surface area contributed by atoms with Crippen molar-refractivity contribution in [2.24, 2.45) is 5.16 Å². The fraction of sp³-hybridized carbons (Fsp3) is 0.684. The predicted octanol–water partition coefficient (Wildman–Crippen LogP) is 4.36. The molecular formula is C19H31NO4Si. The van der Waals surface area contributed by atoms with Crippen LogP contribution in [0.2, 0.25) is 16.6 Å². The molecule has 6 heteroatoms. The molecule has 0 radical (unpaired) electrons. The van der Waals surface area contributed by atoms with Crippen LogP contribution in [0.15, 0.2) is 29.1 Å². The van der Waals surface area contributed by atoms with Gasteiger partial charge in [0.05, 0.1) is 19.4 Å². The van der Waals surface area contributed by atoms with Gasteiger partial charge in [0.1, 0.15) is 0 Å². The number of hydrogen-bond acceptors (Lipinski definition) is 5. The summed E-state index contributed by atoms with van der Waals surface area (Å²) in [5.74, 6) is 0.403. The van der Waals surface area contributed by atoms with Gasteiger partial charge in [-0.3, -0.25) is 4.79 Å². The molecule has 0 amide bonds. The van der Waals surface area contributed by atoms with Gasteiger partial charge < -0.3 is 14.0 Å². The number of carbonyl (C=O) groups is 1. The molecule has 140 valence electrons. The van der Waals surface area contributed by atoms with Crippen LogP contribution in [0.1, 0.15) is 48.0 Å². The van der Waals surface area contributed by atoms with Crippen molar-refractivity contribution in [1.82, 2.24) is 0 Å². The molecule has 1 heterocycles. The van der Waals surface area contributed by atoms with E-state index in [2.05, 4.69) is 46.7 Å². The van der Waals surface area contributed by atoms with Crippen LogP contribution >= 0.6 is 0 Å². The van der Waals surface area contributed by atoms with Crippen LogP contribution in [0, 0.1) is 0 Å². The molecule has 25 heavy (non-hydrogen) atoms. The predicted molar refractivity (Wildman–Crippen MR) is 102 cm³/mol. The van der Waals surface area contributed by atoms with Gasteiger partial charge >= 0.3 is 0 Å². The number of hydrogen-bond donors (Lipinski definition) is 0. The molecule has 1 spiro atoms. The van der Waals surface area contributed by atoms with Gasteiger partial charge in [-0.2, -0.15) is 0 Å². The Morgan fingerprint density at radius 3 is 2.32 bits per heavy atom. The normalized spacial score (nSPS) is 23.5. The lowest BCUT2D eigenvalue weighted by atomic mass is 9.90. The second-order valence-corrected chi connectivity index (χ2v) is 13.3. The van der Waals surface area contributed by atoms with Crippen molar-refractivity contribution < 1.29 is 18.8 Å². The average molecular weight is 366 g/mol. The average Bonchev–Trinajstić information content (AvgIpc) is 2.93. The highest BCUT2D eigenvalue weighted by molar-refractivity contribution is 6.77. The summed E-state index contributed by atoms with van der Waals surface area (Å²) in [6, 6.07) is 0. The van der Waals surface area contributed by atoms with Crippen LogP contribution in [0.3, 0.4) is 0 Å². The van der Waals surface area contributed by atoms with Crippen LogP contribution in [-0.4, -0.2) is 39.1 Å². The summed E-state index contributed by atoms with van der Waals surface area (Å²) in [6.07, 6.45) is 5.27. The minimum absolute atomic E-state index is 0.0957. The summed E-state index contributed by atoms with van der Waals surface area (Å²) in [7, 11) is -0.399. The van der Waals surface area contributed by atoms with E-state index in [4.69, 9.17) is 14.0 Å². The first-order valence-corrected chi connectivity index (χ1v) is 11.2. The Balaban J connectivity index is 2.12. The number of allylic oxidation sites excluding steroid dienone is 2. The fourth-order valence-corrected chi connectivity index (χ4v) is 9.77. The second-order valence-electron chi connectivity index (χ2n) is 7.87. The summed E-state index contributed by atoms with van der Waals surface area (Å²) < 4.78 is 12.0. The lowest BCUT2D eigenvalue weighted by Gasteiger charge is -2.42. The molecule has 5 nitrogen and oxygen atoms in total. The number of oxime groups is 1. The highest BCUT2D eigenvalue weighted by atomic mass is 28.4. The zero-order valence-corrected chi connectivity index (χ0v) is 17.5. The largest absolute Gasteiger partial charge is 0.496 e. The van der Waals surface area contributed by atoms with Crippen LogP contribution in [-0.2, 0) is 18.8 Å². The lowest BCUT2D eigenvalue weighted by Crippen LogP contribution is -2.48. The number of ketones is 1. The molecule has 1 atom stereocenters. The van der Waals surface area contributed by atoms with Crippen molar-refractivity contribution in [3.63, 3.8) is 0 Å². The van der Waals surface area contributed by atoms with Gasteiger partial charge in [0, 0.05) is 12.5 Å². The number of methoxy groups -OCH3 is 1. The zero-order chi connectivity index (χ0) is 18.8. The van der Waals surface area contributed by atoms with Crippen LogP contribution < -0.4 is 0 Å². The SMILES string of the molecule is COC1=CC(=O)C=C[C@@]12CC(CO[Si](C(C)C)(C(C)C)C(C)C)=NO2. The molecule has 0 N–H and O–H groups in total. The summed E-state index contributed by atoms with van der Waals surface area (Å²) in [6.45, 7) is 14.1. The maximum atomic E-state index is 11.6. The van der Waals surface area contributed by atoms with Crippen molar-refractivity contribution in [2.75, 3.05) is 13.7 Å². The van der Waals surface area contributed by atoms with Gasteiger partial charge in [0.15, 0.2) is 11.5 Å². The van der Waals surface area contributed by atoms with E-state index in [9.17, 15) is 4.79 Å². The topological polar surface area (TPSA) is 57.1 Å². The third-order valence-corrected chi connectivity index (χ3v) is 11.5. The minimum atomic E-state index is -1.95. The number of carbonyl (C=O) groups excluding carboxylic acids is 1. The Morgan fingerprint density at radius 2 is 1.80 bits per heavy atom. The zero-order valence-electron chi connectivity index (χ0n) is 16.5. The maximum absolute atomic E-state index is 11.6. The van der Waals surface area contributed by atoms with E-state index in [1.165, 1.54) is 12.2 Å². The van der Waals surface area contributed by atoms with Crippen molar-refractivity contribution in [2.45, 2.75) is 70.2 Å². The Bertz CT molecular complexity index is 585. The van der Waals surface area contributed by atoms with Crippen LogP contribution in [0.5, 0.6) is 0 Å². The van der Waals surface area contributed by atoms with E-state index < -0.39 is 13.9 Å². The maximum Gasteiger partial charge on any atom is 0.218 e. The molecular weight excluding hydrogens is 334 g/mol. The van der Waals surface area contributed by atoms with Crippen LogP contribution in [0.25, 0.3) is 0 Å². The minimum Gasteiger partial charge on any atom is -0.496 e. The Hall–Kier alpha value is -1.40. The Labute approximate surface area is 152 Å². The van der Waals surface area contributed by atoms with Crippen LogP contribution in [0.4, 0.5) is 0 Å². The lowest BCUT2D eigenvalue weighted by molar-refractivity contribution is -0.111. The van der Waals surface area contributed by atoms with Gasteiger partial charge in [0.2, 0.25) is 13.9 Å². The fourth-order valence-electron chi connectivity index (χ4n) is 4.35. The molecule has 1 aliphatic heterocycles. The summed E-state index contributed by atoms with van der Waals surface area (Å²) in [5.41, 5.74) is 1.63. The monoisotopic (exact) mass is 365 g/mol. The van der Waals surface area contributed by atoms with E-state index in [0.29, 0.717) is 35.4 Å². The first kappa shape index (κ1) is 19.9. The highest BCUT2D eigenvalue weighted by Crippen LogP contribution is 2.43. The van der Waals surface area contributed by atoms with Crippen molar-refractivity contribution in [3.8, 4) is 0 Å². The third kappa shape index (κ3) is 3.60.